The lowest BCUT2D eigenvalue weighted by atomic mass is 10.2. The van der Waals surface area contributed by atoms with Crippen LogP contribution in [0, 0.1) is 0 Å². The number of rotatable bonds is 17. The summed E-state index contributed by atoms with van der Waals surface area (Å²) in [5.41, 5.74) is 5.25. The molecule has 0 spiro atoms. The molecule has 0 amide bonds. The van der Waals surface area contributed by atoms with Gasteiger partial charge >= 0.3 is 0 Å². The highest BCUT2D eigenvalue weighted by molar-refractivity contribution is 8.76. The monoisotopic (exact) mass is 369 g/mol. The highest BCUT2D eigenvalue weighted by Crippen LogP contribution is 2.21. The van der Waals surface area contributed by atoms with Crippen molar-refractivity contribution in [3.05, 3.63) is 0 Å². The summed E-state index contributed by atoms with van der Waals surface area (Å²) in [6.45, 7) is 3.63. The summed E-state index contributed by atoms with van der Waals surface area (Å²) in [4.78, 5) is 0. The summed E-state index contributed by atoms with van der Waals surface area (Å²) >= 11 is 0. The molecular weight excluding hydrogens is 334 g/mol. The number of unbranched alkanes of at least 4 members (excludes halogenated alkanes) is 2. The molecule has 0 radical (unpaired) electrons. The van der Waals surface area contributed by atoms with Crippen LogP contribution in [0.15, 0.2) is 0 Å². The van der Waals surface area contributed by atoms with Gasteiger partial charge in [-0.2, -0.15) is 0 Å². The molecule has 0 bridgehead atoms. The Hall–Kier alpha value is 0.460. The third kappa shape index (κ3) is 18.6. The van der Waals surface area contributed by atoms with Gasteiger partial charge in [-0.25, -0.2) is 0 Å². The second-order valence-electron chi connectivity index (χ2n) is 5.52. The quantitative estimate of drug-likeness (QED) is 0.129. The van der Waals surface area contributed by atoms with Crippen LogP contribution >= 0.6 is 21.6 Å². The third-order valence-electron chi connectivity index (χ3n) is 3.27. The van der Waals surface area contributed by atoms with Crippen molar-refractivity contribution in [3.63, 3.8) is 0 Å². The molecule has 0 heterocycles. The molecule has 0 aliphatic carbocycles. The number of aliphatic hydroxyl groups excluding tert-OH is 3. The summed E-state index contributed by atoms with van der Waals surface area (Å²) in [7, 11) is 3.62. The topological polar surface area (TPSA) is 111 Å². The molecule has 0 aromatic rings. The maximum atomic E-state index is 9.77. The molecule has 0 aliphatic rings. The van der Waals surface area contributed by atoms with Crippen molar-refractivity contribution in [2.45, 2.75) is 70.6 Å². The Morgan fingerprint density at radius 2 is 1.39 bits per heavy atom. The van der Waals surface area contributed by atoms with E-state index in [0.29, 0.717) is 12.8 Å². The van der Waals surface area contributed by atoms with Crippen molar-refractivity contribution in [2.24, 2.45) is 5.73 Å². The molecule has 6 nitrogen and oxygen atoms in total. The van der Waals surface area contributed by atoms with E-state index in [1.54, 1.807) is 10.8 Å². The van der Waals surface area contributed by atoms with Gasteiger partial charge in [-0.15, -0.1) is 0 Å². The first-order valence-electron chi connectivity index (χ1n) is 8.57. The fourth-order valence-corrected chi connectivity index (χ4v) is 3.73. The molecule has 0 aromatic heterocycles. The van der Waals surface area contributed by atoms with Crippen LogP contribution in [0.2, 0.25) is 0 Å². The largest absolute Gasteiger partial charge is 0.379 e. The average molecular weight is 370 g/mol. The molecular formula is C15H35N3O3S2. The first-order chi connectivity index (χ1) is 11.1. The zero-order valence-electron chi connectivity index (χ0n) is 14.2. The summed E-state index contributed by atoms with van der Waals surface area (Å²) in [5.74, 6) is 2.05. The first kappa shape index (κ1) is 23.5. The summed E-state index contributed by atoms with van der Waals surface area (Å²) in [6, 6.07) is 0. The van der Waals surface area contributed by atoms with Crippen molar-refractivity contribution in [1.82, 2.24) is 10.6 Å². The Labute approximate surface area is 148 Å². The van der Waals surface area contributed by atoms with Crippen molar-refractivity contribution in [3.8, 4) is 0 Å². The number of nitrogens with two attached hydrogens (primary N) is 1. The van der Waals surface area contributed by atoms with Gasteiger partial charge in [-0.1, -0.05) is 28.5 Å². The van der Waals surface area contributed by atoms with Crippen LogP contribution < -0.4 is 16.4 Å². The van der Waals surface area contributed by atoms with Crippen molar-refractivity contribution >= 4 is 21.6 Å². The van der Waals surface area contributed by atoms with E-state index in [0.717, 1.165) is 56.7 Å². The minimum atomic E-state index is -0.730. The predicted molar refractivity (Wildman–Crippen MR) is 101 cm³/mol. The van der Waals surface area contributed by atoms with Crippen LogP contribution in [0.25, 0.3) is 0 Å². The summed E-state index contributed by atoms with van der Waals surface area (Å²) in [5, 5.41) is 34.6. The van der Waals surface area contributed by atoms with E-state index in [1.165, 1.54) is 0 Å². The average Bonchev–Trinajstić information content (AvgIpc) is 2.50. The minimum absolute atomic E-state index is 0.430. The van der Waals surface area contributed by atoms with E-state index in [9.17, 15) is 10.2 Å². The van der Waals surface area contributed by atoms with E-state index in [-0.39, 0.29) is 0 Å². The Balaban J connectivity index is 3.29. The number of hydrogen-bond acceptors (Lipinski definition) is 8. The van der Waals surface area contributed by atoms with E-state index in [2.05, 4.69) is 17.6 Å². The lowest BCUT2D eigenvalue weighted by Gasteiger charge is -2.14. The van der Waals surface area contributed by atoms with Gasteiger partial charge in [0.25, 0.3) is 0 Å². The number of nitrogens with one attached hydrogen (secondary N) is 2. The van der Waals surface area contributed by atoms with Crippen LogP contribution in [0.1, 0.15) is 51.9 Å². The zero-order valence-corrected chi connectivity index (χ0v) is 15.9. The van der Waals surface area contributed by atoms with Gasteiger partial charge in [0.1, 0.15) is 18.7 Å². The van der Waals surface area contributed by atoms with Crippen molar-refractivity contribution in [2.75, 3.05) is 24.6 Å². The molecule has 7 N–H and O–H groups in total. The van der Waals surface area contributed by atoms with Crippen molar-refractivity contribution < 1.29 is 15.3 Å². The molecule has 0 rings (SSSR count). The van der Waals surface area contributed by atoms with Gasteiger partial charge in [0.2, 0.25) is 0 Å². The number of aliphatic hydroxyl groups is 3. The van der Waals surface area contributed by atoms with Crippen LogP contribution in [-0.4, -0.2) is 58.6 Å². The highest BCUT2D eigenvalue weighted by Gasteiger charge is 2.05. The molecule has 8 heteroatoms. The van der Waals surface area contributed by atoms with Gasteiger partial charge in [-0.05, 0) is 58.0 Å². The lowest BCUT2D eigenvalue weighted by molar-refractivity contribution is 0.119. The maximum absolute atomic E-state index is 9.77. The molecule has 23 heavy (non-hydrogen) atoms. The highest BCUT2D eigenvalue weighted by atomic mass is 33.1. The SMILES string of the molecule is CCSSCCC(O)NCCCCC(O)NCCCCC(N)O. The van der Waals surface area contributed by atoms with E-state index >= 15 is 0 Å². The second kappa shape index (κ2) is 17.3. The van der Waals surface area contributed by atoms with Gasteiger partial charge in [0.15, 0.2) is 0 Å². The van der Waals surface area contributed by atoms with Crippen LogP contribution in [0.3, 0.4) is 0 Å². The Bertz CT molecular complexity index is 252. The van der Waals surface area contributed by atoms with Gasteiger partial charge in [-0.3, -0.25) is 10.6 Å². The zero-order chi connectivity index (χ0) is 17.3. The Morgan fingerprint density at radius 3 is 1.96 bits per heavy atom. The fourth-order valence-electron chi connectivity index (χ4n) is 1.98. The van der Waals surface area contributed by atoms with Crippen molar-refractivity contribution in [1.29, 1.82) is 0 Å². The molecule has 0 aliphatic heterocycles. The van der Waals surface area contributed by atoms with Crippen LogP contribution in [-0.2, 0) is 0 Å². The minimum Gasteiger partial charge on any atom is -0.379 e. The standard InChI is InChI=1S/C15H35N3O3S2/c1-2-22-23-12-9-15(21)18-11-6-4-8-14(20)17-10-5-3-7-13(16)19/h13-15,17-21H,2-12,16H2,1H3. The summed E-state index contributed by atoms with van der Waals surface area (Å²) < 4.78 is 0. The predicted octanol–water partition coefficient (Wildman–Crippen LogP) is 1.21. The van der Waals surface area contributed by atoms with Gasteiger partial charge in [0.05, 0.1) is 0 Å². The maximum Gasteiger partial charge on any atom is 0.105 e. The second-order valence-corrected chi connectivity index (χ2v) is 8.39. The normalized spacial score (nSPS) is 15.5. The molecule has 3 unspecified atom stereocenters. The molecule has 3 atom stereocenters. The lowest BCUT2D eigenvalue weighted by Crippen LogP contribution is -2.31. The summed E-state index contributed by atoms with van der Waals surface area (Å²) in [6.07, 6.45) is 4.03. The molecule has 0 aromatic carbocycles. The third-order valence-corrected chi connectivity index (χ3v) is 5.78. The molecule has 0 fully saturated rings. The molecule has 0 saturated heterocycles. The van der Waals surface area contributed by atoms with E-state index in [4.69, 9.17) is 10.8 Å². The fraction of sp³-hybridized carbons (Fsp3) is 1.00. The smallest absolute Gasteiger partial charge is 0.105 e. The Kier molecular flexibility index (Phi) is 17.6. The van der Waals surface area contributed by atoms with E-state index < -0.39 is 18.7 Å². The molecule has 0 saturated carbocycles. The number of hydrogen-bond donors (Lipinski definition) is 6. The van der Waals surface area contributed by atoms with E-state index in [1.807, 2.05) is 10.8 Å². The van der Waals surface area contributed by atoms with Crippen LogP contribution in [0.5, 0.6) is 0 Å². The van der Waals surface area contributed by atoms with Gasteiger partial charge in [0, 0.05) is 11.5 Å². The molecule has 140 valence electrons. The van der Waals surface area contributed by atoms with Crippen LogP contribution in [0.4, 0.5) is 0 Å². The Morgan fingerprint density at radius 1 is 0.826 bits per heavy atom. The van der Waals surface area contributed by atoms with Gasteiger partial charge < -0.3 is 21.1 Å². The first-order valence-corrected chi connectivity index (χ1v) is 11.1.